The molecule has 0 aliphatic heterocycles. The van der Waals surface area contributed by atoms with Gasteiger partial charge in [-0.3, -0.25) is 0 Å². The first-order valence-corrected chi connectivity index (χ1v) is 7.64. The summed E-state index contributed by atoms with van der Waals surface area (Å²) in [5.41, 5.74) is 0.704. The highest BCUT2D eigenvalue weighted by atomic mass is 14.4. The molecule has 1 saturated carbocycles. The van der Waals surface area contributed by atoms with Crippen molar-refractivity contribution in [1.82, 2.24) is 0 Å². The van der Waals surface area contributed by atoms with Gasteiger partial charge in [0.05, 0.1) is 0 Å². The topological polar surface area (TPSA) is 0 Å². The summed E-state index contributed by atoms with van der Waals surface area (Å²) in [7, 11) is 0. The van der Waals surface area contributed by atoms with E-state index in [4.69, 9.17) is 0 Å². The third-order valence-corrected chi connectivity index (χ3v) is 5.01. The normalized spacial score (nSPS) is 31.7. The minimum Gasteiger partial charge on any atom is -0.0651 e. The second kappa shape index (κ2) is 6.67. The summed E-state index contributed by atoms with van der Waals surface area (Å²) in [5, 5.41) is 0. The van der Waals surface area contributed by atoms with E-state index in [1.165, 1.54) is 57.8 Å². The van der Waals surface area contributed by atoms with Gasteiger partial charge in [-0.25, -0.2) is 0 Å². The van der Waals surface area contributed by atoms with Crippen LogP contribution in [0.5, 0.6) is 0 Å². The van der Waals surface area contributed by atoms with Crippen LogP contribution in [0.2, 0.25) is 0 Å². The van der Waals surface area contributed by atoms with Gasteiger partial charge in [0.15, 0.2) is 0 Å². The van der Waals surface area contributed by atoms with Crippen molar-refractivity contribution in [2.75, 3.05) is 0 Å². The predicted molar refractivity (Wildman–Crippen MR) is 73.7 cm³/mol. The van der Waals surface area contributed by atoms with Crippen molar-refractivity contribution in [3.63, 3.8) is 0 Å². The highest BCUT2D eigenvalue weighted by Gasteiger charge is 2.36. The molecule has 16 heavy (non-hydrogen) atoms. The van der Waals surface area contributed by atoms with E-state index in [1.807, 2.05) is 0 Å². The maximum absolute atomic E-state index is 2.44. The van der Waals surface area contributed by atoms with Crippen LogP contribution in [0.3, 0.4) is 0 Å². The van der Waals surface area contributed by atoms with E-state index in [1.54, 1.807) is 0 Å². The first-order valence-electron chi connectivity index (χ1n) is 7.64. The standard InChI is InChI=1S/C16H32/c1-5-15-10-8-7-9-12-16(15,6-2)13-11-14(3)4/h14-15H,5-13H2,1-4H3. The molecule has 0 heterocycles. The minimum atomic E-state index is 0.704. The fourth-order valence-corrected chi connectivity index (χ4v) is 3.74. The molecule has 0 nitrogen and oxygen atoms in total. The Morgan fingerprint density at radius 2 is 1.88 bits per heavy atom. The summed E-state index contributed by atoms with van der Waals surface area (Å²) in [6.45, 7) is 9.60. The van der Waals surface area contributed by atoms with Crippen molar-refractivity contribution in [1.29, 1.82) is 0 Å². The fraction of sp³-hybridized carbons (Fsp3) is 1.00. The highest BCUT2D eigenvalue weighted by Crippen LogP contribution is 2.48. The Labute approximate surface area is 103 Å². The van der Waals surface area contributed by atoms with Crippen LogP contribution in [-0.4, -0.2) is 0 Å². The molecule has 1 aliphatic rings. The second-order valence-electron chi connectivity index (χ2n) is 6.35. The van der Waals surface area contributed by atoms with E-state index in [0.29, 0.717) is 5.41 Å². The first kappa shape index (κ1) is 14.1. The molecule has 0 amide bonds. The van der Waals surface area contributed by atoms with Crippen LogP contribution in [0.1, 0.15) is 85.5 Å². The molecule has 1 rings (SSSR count). The molecule has 0 bridgehead atoms. The Morgan fingerprint density at radius 1 is 1.12 bits per heavy atom. The van der Waals surface area contributed by atoms with Crippen molar-refractivity contribution in [3.05, 3.63) is 0 Å². The molecule has 0 N–H and O–H groups in total. The second-order valence-corrected chi connectivity index (χ2v) is 6.35. The molecule has 1 fully saturated rings. The maximum atomic E-state index is 2.44. The van der Waals surface area contributed by atoms with Gasteiger partial charge in [0.1, 0.15) is 0 Å². The van der Waals surface area contributed by atoms with Crippen LogP contribution < -0.4 is 0 Å². The zero-order valence-electron chi connectivity index (χ0n) is 12.0. The van der Waals surface area contributed by atoms with Crippen LogP contribution in [0.25, 0.3) is 0 Å². The van der Waals surface area contributed by atoms with Gasteiger partial charge in [-0.2, -0.15) is 0 Å². The third kappa shape index (κ3) is 3.50. The third-order valence-electron chi connectivity index (χ3n) is 5.01. The quantitative estimate of drug-likeness (QED) is 0.517. The lowest BCUT2D eigenvalue weighted by Crippen LogP contribution is -2.29. The van der Waals surface area contributed by atoms with E-state index in [9.17, 15) is 0 Å². The lowest BCUT2D eigenvalue weighted by molar-refractivity contribution is 0.109. The molecule has 0 aromatic rings. The van der Waals surface area contributed by atoms with Crippen molar-refractivity contribution in [2.24, 2.45) is 17.3 Å². The maximum Gasteiger partial charge on any atom is -0.0272 e. The minimum absolute atomic E-state index is 0.704. The van der Waals surface area contributed by atoms with E-state index in [2.05, 4.69) is 27.7 Å². The molecule has 0 aromatic carbocycles. The van der Waals surface area contributed by atoms with E-state index >= 15 is 0 Å². The molecule has 0 spiro atoms. The molecule has 96 valence electrons. The first-order chi connectivity index (χ1) is 7.64. The SMILES string of the molecule is CCC1CCCCCC1(CC)CCC(C)C. The molecule has 2 atom stereocenters. The van der Waals surface area contributed by atoms with Crippen LogP contribution >= 0.6 is 0 Å². The molecule has 0 aromatic heterocycles. The monoisotopic (exact) mass is 224 g/mol. The van der Waals surface area contributed by atoms with Crippen LogP contribution in [0.15, 0.2) is 0 Å². The average molecular weight is 224 g/mol. The van der Waals surface area contributed by atoms with Gasteiger partial charge in [-0.15, -0.1) is 0 Å². The number of rotatable bonds is 5. The van der Waals surface area contributed by atoms with Gasteiger partial charge in [-0.1, -0.05) is 66.2 Å². The van der Waals surface area contributed by atoms with Crippen LogP contribution in [-0.2, 0) is 0 Å². The Balaban J connectivity index is 2.69. The summed E-state index contributed by atoms with van der Waals surface area (Å²) in [6, 6.07) is 0. The molecule has 0 radical (unpaired) electrons. The largest absolute Gasteiger partial charge is 0.0651 e. The molecule has 1 aliphatic carbocycles. The van der Waals surface area contributed by atoms with Gasteiger partial charge < -0.3 is 0 Å². The number of hydrogen-bond donors (Lipinski definition) is 0. The summed E-state index contributed by atoms with van der Waals surface area (Å²) in [5.74, 6) is 1.89. The van der Waals surface area contributed by atoms with Gasteiger partial charge >= 0.3 is 0 Å². The van der Waals surface area contributed by atoms with Gasteiger partial charge in [0.2, 0.25) is 0 Å². The Kier molecular flexibility index (Phi) is 5.86. The molecular weight excluding hydrogens is 192 g/mol. The van der Waals surface area contributed by atoms with E-state index in [0.717, 1.165) is 11.8 Å². The van der Waals surface area contributed by atoms with Gasteiger partial charge in [-0.05, 0) is 36.5 Å². The lowest BCUT2D eigenvalue weighted by atomic mass is 9.65. The Bertz CT molecular complexity index is 182. The number of hydrogen-bond acceptors (Lipinski definition) is 0. The average Bonchev–Trinajstić information content (AvgIpc) is 2.48. The summed E-state index contributed by atoms with van der Waals surface area (Å²) >= 11 is 0. The fourth-order valence-electron chi connectivity index (χ4n) is 3.74. The van der Waals surface area contributed by atoms with Crippen molar-refractivity contribution in [3.8, 4) is 0 Å². The zero-order valence-corrected chi connectivity index (χ0v) is 12.0. The smallest absolute Gasteiger partial charge is 0.0272 e. The lowest BCUT2D eigenvalue weighted by Gasteiger charge is -2.40. The van der Waals surface area contributed by atoms with Gasteiger partial charge in [0.25, 0.3) is 0 Å². The molecule has 2 unspecified atom stereocenters. The van der Waals surface area contributed by atoms with Gasteiger partial charge in [0, 0.05) is 0 Å². The summed E-state index contributed by atoms with van der Waals surface area (Å²) in [4.78, 5) is 0. The molecule has 0 heteroatoms. The zero-order chi connectivity index (χ0) is 12.0. The van der Waals surface area contributed by atoms with Crippen LogP contribution in [0, 0.1) is 17.3 Å². The van der Waals surface area contributed by atoms with E-state index < -0.39 is 0 Å². The Hall–Kier alpha value is 0. The van der Waals surface area contributed by atoms with Crippen molar-refractivity contribution < 1.29 is 0 Å². The van der Waals surface area contributed by atoms with Crippen molar-refractivity contribution in [2.45, 2.75) is 85.5 Å². The molecular formula is C16H32. The highest BCUT2D eigenvalue weighted by molar-refractivity contribution is 4.87. The van der Waals surface area contributed by atoms with Crippen molar-refractivity contribution >= 4 is 0 Å². The summed E-state index contributed by atoms with van der Waals surface area (Å²) in [6.07, 6.45) is 13.2. The predicted octanol–water partition coefficient (Wildman–Crippen LogP) is 5.81. The summed E-state index contributed by atoms with van der Waals surface area (Å²) < 4.78 is 0. The van der Waals surface area contributed by atoms with E-state index in [-0.39, 0.29) is 0 Å². The molecule has 0 saturated heterocycles. The van der Waals surface area contributed by atoms with Crippen LogP contribution in [0.4, 0.5) is 0 Å². The Morgan fingerprint density at radius 3 is 2.44 bits per heavy atom.